The molecule has 3 aliphatic rings. The highest BCUT2D eigenvalue weighted by Gasteiger charge is 2.47. The van der Waals surface area contributed by atoms with Gasteiger partial charge in [0, 0.05) is 18.2 Å². The molecule has 2 aliphatic heterocycles. The molecule has 0 spiro atoms. The molecule has 8 nitrogen and oxygen atoms in total. The van der Waals surface area contributed by atoms with Gasteiger partial charge in [0.15, 0.2) is 0 Å². The van der Waals surface area contributed by atoms with E-state index in [0.717, 1.165) is 48.1 Å². The standard InChI is InChI=1S/C25H25N5O3/c31-21(29-13-5-10-20(29)23-27-18-8-3-4-9-19(18)28-23)14-26-24(32)22-16-6-1-2-7-17(16)25(33)30(22)15-11-12-15/h1-4,6-9,15,20,22H,5,10-14H2,(H,26,32)(H,27,28). The molecule has 6 rings (SSSR count). The van der Waals surface area contributed by atoms with Gasteiger partial charge >= 0.3 is 0 Å². The number of hydrogen-bond acceptors (Lipinski definition) is 4. The van der Waals surface area contributed by atoms with E-state index in [1.807, 2.05) is 42.5 Å². The number of hydrogen-bond donors (Lipinski definition) is 2. The number of imidazole rings is 1. The highest BCUT2D eigenvalue weighted by atomic mass is 16.2. The zero-order chi connectivity index (χ0) is 22.5. The first-order chi connectivity index (χ1) is 16.1. The van der Waals surface area contributed by atoms with Crippen molar-refractivity contribution in [1.82, 2.24) is 25.1 Å². The average molecular weight is 444 g/mol. The van der Waals surface area contributed by atoms with Crippen molar-refractivity contribution in [3.8, 4) is 0 Å². The largest absolute Gasteiger partial charge is 0.345 e. The third-order valence-corrected chi connectivity index (χ3v) is 6.90. The smallest absolute Gasteiger partial charge is 0.255 e. The summed E-state index contributed by atoms with van der Waals surface area (Å²) < 4.78 is 0. The average Bonchev–Trinajstić information content (AvgIpc) is 3.27. The third-order valence-electron chi connectivity index (χ3n) is 6.90. The van der Waals surface area contributed by atoms with E-state index in [2.05, 4.69) is 15.3 Å². The lowest BCUT2D eigenvalue weighted by Gasteiger charge is -2.26. The lowest BCUT2D eigenvalue weighted by atomic mass is 10.0. The number of rotatable bonds is 5. The molecule has 2 N–H and O–H groups in total. The number of carbonyl (C=O) groups is 3. The highest BCUT2D eigenvalue weighted by molar-refractivity contribution is 6.05. The lowest BCUT2D eigenvalue weighted by molar-refractivity contribution is -0.134. The van der Waals surface area contributed by atoms with E-state index in [4.69, 9.17) is 0 Å². The molecule has 1 saturated heterocycles. The fourth-order valence-electron chi connectivity index (χ4n) is 5.17. The summed E-state index contributed by atoms with van der Waals surface area (Å²) in [7, 11) is 0. The van der Waals surface area contributed by atoms with Gasteiger partial charge in [-0.2, -0.15) is 0 Å². The molecule has 1 saturated carbocycles. The fourth-order valence-corrected chi connectivity index (χ4v) is 5.17. The number of benzene rings is 2. The minimum Gasteiger partial charge on any atom is -0.345 e. The number of H-pyrrole nitrogens is 1. The number of aromatic amines is 1. The predicted octanol–water partition coefficient (Wildman–Crippen LogP) is 2.70. The van der Waals surface area contributed by atoms with Crippen LogP contribution in [0.25, 0.3) is 11.0 Å². The molecule has 1 aromatic heterocycles. The van der Waals surface area contributed by atoms with Crippen LogP contribution >= 0.6 is 0 Å². The Kier molecular flexibility index (Phi) is 4.67. The zero-order valence-electron chi connectivity index (χ0n) is 18.2. The number of para-hydroxylation sites is 2. The minimum absolute atomic E-state index is 0.0935. The van der Waals surface area contributed by atoms with Crippen LogP contribution in [0, 0.1) is 0 Å². The second kappa shape index (κ2) is 7.72. The maximum Gasteiger partial charge on any atom is 0.255 e. The minimum atomic E-state index is -0.668. The third kappa shape index (κ3) is 3.37. The molecule has 2 fully saturated rings. The van der Waals surface area contributed by atoms with E-state index in [1.165, 1.54) is 0 Å². The molecule has 2 aromatic carbocycles. The Bertz CT molecular complexity index is 1230. The van der Waals surface area contributed by atoms with Gasteiger partial charge in [-0.15, -0.1) is 0 Å². The van der Waals surface area contributed by atoms with E-state index in [1.54, 1.807) is 15.9 Å². The summed E-state index contributed by atoms with van der Waals surface area (Å²) in [6.07, 6.45) is 3.55. The van der Waals surface area contributed by atoms with Gasteiger partial charge in [-0.1, -0.05) is 30.3 Å². The Hall–Kier alpha value is -3.68. The SMILES string of the molecule is O=C(NCC(=O)N1CCCC1c1nc2ccccc2[nH]1)C1c2ccccc2C(=O)N1C1CC1. The van der Waals surface area contributed by atoms with E-state index in [0.29, 0.717) is 12.1 Å². The summed E-state index contributed by atoms with van der Waals surface area (Å²) in [6.45, 7) is 0.538. The Balaban J connectivity index is 1.17. The van der Waals surface area contributed by atoms with E-state index in [9.17, 15) is 14.4 Å². The van der Waals surface area contributed by atoms with Gasteiger partial charge in [-0.3, -0.25) is 14.4 Å². The van der Waals surface area contributed by atoms with Gasteiger partial charge in [0.05, 0.1) is 23.6 Å². The van der Waals surface area contributed by atoms with Crippen molar-refractivity contribution in [2.45, 2.75) is 43.8 Å². The molecular weight excluding hydrogens is 418 g/mol. The number of nitrogens with one attached hydrogen (secondary N) is 2. The van der Waals surface area contributed by atoms with E-state index < -0.39 is 6.04 Å². The van der Waals surface area contributed by atoms with Crippen LogP contribution in [0.2, 0.25) is 0 Å². The first-order valence-corrected chi connectivity index (χ1v) is 11.6. The summed E-state index contributed by atoms with van der Waals surface area (Å²) in [4.78, 5) is 50.7. The van der Waals surface area contributed by atoms with Gasteiger partial charge in [0.1, 0.15) is 11.9 Å². The first-order valence-electron chi connectivity index (χ1n) is 11.6. The van der Waals surface area contributed by atoms with Crippen LogP contribution in [0.15, 0.2) is 48.5 Å². The van der Waals surface area contributed by atoms with Crippen LogP contribution in [0.5, 0.6) is 0 Å². The Morgan fingerprint density at radius 3 is 2.67 bits per heavy atom. The van der Waals surface area contributed by atoms with Crippen molar-refractivity contribution >= 4 is 28.8 Å². The van der Waals surface area contributed by atoms with Crippen molar-refractivity contribution in [3.05, 3.63) is 65.5 Å². The number of amides is 3. The molecular formula is C25H25N5O3. The molecule has 3 heterocycles. The Morgan fingerprint density at radius 1 is 1.06 bits per heavy atom. The normalized spacial score (nSPS) is 22.1. The second-order valence-electron chi connectivity index (χ2n) is 9.04. The molecule has 8 heteroatoms. The Labute approximate surface area is 191 Å². The monoisotopic (exact) mass is 443 g/mol. The molecule has 168 valence electrons. The molecule has 33 heavy (non-hydrogen) atoms. The quantitative estimate of drug-likeness (QED) is 0.633. The van der Waals surface area contributed by atoms with Crippen molar-refractivity contribution in [2.75, 3.05) is 13.1 Å². The van der Waals surface area contributed by atoms with Crippen molar-refractivity contribution < 1.29 is 14.4 Å². The summed E-state index contributed by atoms with van der Waals surface area (Å²) in [5.74, 6) is 0.252. The molecule has 1 aliphatic carbocycles. The maximum absolute atomic E-state index is 13.2. The second-order valence-corrected chi connectivity index (χ2v) is 9.04. The van der Waals surface area contributed by atoms with Gasteiger partial charge in [-0.05, 0) is 49.4 Å². The predicted molar refractivity (Wildman–Crippen MR) is 121 cm³/mol. The molecule has 3 amide bonds. The van der Waals surface area contributed by atoms with Crippen LogP contribution < -0.4 is 5.32 Å². The van der Waals surface area contributed by atoms with Crippen LogP contribution in [0.1, 0.15) is 59.5 Å². The van der Waals surface area contributed by atoms with Gasteiger partial charge < -0.3 is 20.1 Å². The number of carbonyl (C=O) groups excluding carboxylic acids is 3. The Morgan fingerprint density at radius 2 is 1.85 bits per heavy atom. The number of nitrogens with zero attached hydrogens (tertiary/aromatic N) is 3. The molecule has 2 atom stereocenters. The van der Waals surface area contributed by atoms with Crippen molar-refractivity contribution in [1.29, 1.82) is 0 Å². The summed E-state index contributed by atoms with van der Waals surface area (Å²) in [6, 6.07) is 14.4. The first kappa shape index (κ1) is 20.0. The topological polar surface area (TPSA) is 98.4 Å². The number of likely N-dealkylation sites (tertiary alicyclic amines) is 1. The lowest BCUT2D eigenvalue weighted by Crippen LogP contribution is -2.45. The molecule has 3 aromatic rings. The number of aromatic nitrogens is 2. The van der Waals surface area contributed by atoms with Crippen molar-refractivity contribution in [2.24, 2.45) is 0 Å². The maximum atomic E-state index is 13.2. The zero-order valence-corrected chi connectivity index (χ0v) is 18.2. The fraction of sp³-hybridized carbons (Fsp3) is 0.360. The summed E-state index contributed by atoms with van der Waals surface area (Å²) in [5.41, 5.74) is 3.13. The van der Waals surface area contributed by atoms with Crippen LogP contribution in [0.3, 0.4) is 0 Å². The van der Waals surface area contributed by atoms with Gasteiger partial charge in [-0.25, -0.2) is 4.98 Å². The molecule has 0 radical (unpaired) electrons. The molecule has 2 unspecified atom stereocenters. The van der Waals surface area contributed by atoms with E-state index >= 15 is 0 Å². The van der Waals surface area contributed by atoms with E-state index in [-0.39, 0.29) is 36.3 Å². The van der Waals surface area contributed by atoms with Gasteiger partial charge in [0.2, 0.25) is 11.8 Å². The highest BCUT2D eigenvalue weighted by Crippen LogP contribution is 2.42. The van der Waals surface area contributed by atoms with Crippen LogP contribution in [-0.4, -0.2) is 56.6 Å². The van der Waals surface area contributed by atoms with Crippen LogP contribution in [0.4, 0.5) is 0 Å². The number of fused-ring (bicyclic) bond motifs is 2. The summed E-state index contributed by atoms with van der Waals surface area (Å²) >= 11 is 0. The molecule has 0 bridgehead atoms. The van der Waals surface area contributed by atoms with Gasteiger partial charge in [0.25, 0.3) is 5.91 Å². The summed E-state index contributed by atoms with van der Waals surface area (Å²) in [5, 5.41) is 2.82. The van der Waals surface area contributed by atoms with Crippen molar-refractivity contribution in [3.63, 3.8) is 0 Å². The van der Waals surface area contributed by atoms with Crippen LogP contribution in [-0.2, 0) is 9.59 Å².